The number of aryl methyl sites for hydroxylation is 1. The standard InChI is InChI=1S/C17H16N2O6/c1-11-3-8-15(14(9-11)19(22)23)25-10-16(20)18-17(21)12-4-6-13(24-2)7-5-12/h3-9H,10H2,1-2H3,(H,18,20,21). The molecule has 0 aromatic heterocycles. The zero-order chi connectivity index (χ0) is 18.4. The molecule has 0 aliphatic rings. The molecule has 0 fully saturated rings. The van der Waals surface area contributed by atoms with Crippen LogP contribution >= 0.6 is 0 Å². The highest BCUT2D eigenvalue weighted by molar-refractivity contribution is 6.05. The van der Waals surface area contributed by atoms with Crippen LogP contribution in [0.15, 0.2) is 42.5 Å². The SMILES string of the molecule is COc1ccc(C(=O)NC(=O)COc2ccc(C)cc2[N+](=O)[O-])cc1. The average molecular weight is 344 g/mol. The van der Waals surface area contributed by atoms with Crippen molar-refractivity contribution in [2.45, 2.75) is 6.92 Å². The molecule has 2 rings (SSSR count). The molecular formula is C17H16N2O6. The molecule has 0 aliphatic heterocycles. The van der Waals surface area contributed by atoms with E-state index in [1.54, 1.807) is 25.1 Å². The van der Waals surface area contributed by atoms with Gasteiger partial charge < -0.3 is 9.47 Å². The van der Waals surface area contributed by atoms with E-state index in [0.29, 0.717) is 11.3 Å². The summed E-state index contributed by atoms with van der Waals surface area (Å²) in [7, 11) is 1.50. The van der Waals surface area contributed by atoms with Crippen molar-refractivity contribution >= 4 is 17.5 Å². The number of carbonyl (C=O) groups excluding carboxylic acids is 2. The predicted octanol–water partition coefficient (Wildman–Crippen LogP) is 2.25. The van der Waals surface area contributed by atoms with Gasteiger partial charge in [-0.15, -0.1) is 0 Å². The molecule has 25 heavy (non-hydrogen) atoms. The molecule has 0 heterocycles. The van der Waals surface area contributed by atoms with Crippen LogP contribution in [0.5, 0.6) is 11.5 Å². The Morgan fingerprint density at radius 3 is 2.44 bits per heavy atom. The van der Waals surface area contributed by atoms with Gasteiger partial charge in [-0.1, -0.05) is 6.07 Å². The van der Waals surface area contributed by atoms with E-state index in [2.05, 4.69) is 5.32 Å². The maximum Gasteiger partial charge on any atom is 0.311 e. The highest BCUT2D eigenvalue weighted by Gasteiger charge is 2.17. The van der Waals surface area contributed by atoms with E-state index < -0.39 is 23.3 Å². The number of hydrogen-bond acceptors (Lipinski definition) is 6. The Hall–Kier alpha value is -3.42. The summed E-state index contributed by atoms with van der Waals surface area (Å²) in [5, 5.41) is 13.1. The maximum atomic E-state index is 11.9. The summed E-state index contributed by atoms with van der Waals surface area (Å²) < 4.78 is 10.1. The van der Waals surface area contributed by atoms with Crippen molar-refractivity contribution < 1.29 is 24.0 Å². The summed E-state index contributed by atoms with van der Waals surface area (Å²) in [4.78, 5) is 34.2. The van der Waals surface area contributed by atoms with Crippen LogP contribution < -0.4 is 14.8 Å². The van der Waals surface area contributed by atoms with E-state index >= 15 is 0 Å². The lowest BCUT2D eigenvalue weighted by atomic mass is 10.2. The number of carbonyl (C=O) groups is 2. The summed E-state index contributed by atoms with van der Waals surface area (Å²) in [6.45, 7) is 1.18. The average Bonchev–Trinajstić information content (AvgIpc) is 2.60. The smallest absolute Gasteiger partial charge is 0.311 e. The van der Waals surface area contributed by atoms with Crippen molar-refractivity contribution in [3.8, 4) is 11.5 Å². The van der Waals surface area contributed by atoms with Crippen LogP contribution in [-0.2, 0) is 4.79 Å². The predicted molar refractivity (Wildman–Crippen MR) is 88.8 cm³/mol. The summed E-state index contributed by atoms with van der Waals surface area (Å²) in [5.74, 6) is -0.772. The van der Waals surface area contributed by atoms with E-state index in [4.69, 9.17) is 9.47 Å². The summed E-state index contributed by atoms with van der Waals surface area (Å²) in [6.07, 6.45) is 0. The lowest BCUT2D eigenvalue weighted by Crippen LogP contribution is -2.34. The summed E-state index contributed by atoms with van der Waals surface area (Å²) >= 11 is 0. The fraction of sp³-hybridized carbons (Fsp3) is 0.176. The van der Waals surface area contributed by atoms with Crippen molar-refractivity contribution in [1.29, 1.82) is 0 Å². The highest BCUT2D eigenvalue weighted by atomic mass is 16.6. The van der Waals surface area contributed by atoms with Gasteiger partial charge in [0.05, 0.1) is 12.0 Å². The third kappa shape index (κ3) is 4.77. The molecule has 0 radical (unpaired) electrons. The van der Waals surface area contributed by atoms with E-state index in [-0.39, 0.29) is 17.0 Å². The molecule has 0 saturated heterocycles. The first kappa shape index (κ1) is 17.9. The first-order valence-corrected chi connectivity index (χ1v) is 7.27. The Labute approximate surface area is 143 Å². The molecule has 2 amide bonds. The number of imide groups is 1. The minimum atomic E-state index is -0.712. The largest absolute Gasteiger partial charge is 0.497 e. The van der Waals surface area contributed by atoms with Gasteiger partial charge in [-0.25, -0.2) is 0 Å². The van der Waals surface area contributed by atoms with Gasteiger partial charge in [0, 0.05) is 11.6 Å². The molecule has 0 aliphatic carbocycles. The Morgan fingerprint density at radius 2 is 1.84 bits per heavy atom. The molecule has 8 nitrogen and oxygen atoms in total. The molecule has 2 aromatic carbocycles. The van der Waals surface area contributed by atoms with E-state index in [0.717, 1.165) is 0 Å². The normalized spacial score (nSPS) is 10.0. The Bertz CT molecular complexity index is 801. The third-order valence-corrected chi connectivity index (χ3v) is 3.28. The number of hydrogen-bond donors (Lipinski definition) is 1. The highest BCUT2D eigenvalue weighted by Crippen LogP contribution is 2.27. The molecule has 1 N–H and O–H groups in total. The van der Waals surface area contributed by atoms with Crippen LogP contribution in [-0.4, -0.2) is 30.5 Å². The fourth-order valence-corrected chi connectivity index (χ4v) is 2.01. The molecule has 8 heteroatoms. The quantitative estimate of drug-likeness (QED) is 0.636. The van der Waals surface area contributed by atoms with Crippen molar-refractivity contribution in [3.63, 3.8) is 0 Å². The lowest BCUT2D eigenvalue weighted by Gasteiger charge is -2.08. The van der Waals surface area contributed by atoms with Gasteiger partial charge in [0.15, 0.2) is 12.4 Å². The van der Waals surface area contributed by atoms with Crippen molar-refractivity contribution in [2.24, 2.45) is 0 Å². The second kappa shape index (κ2) is 7.91. The minimum Gasteiger partial charge on any atom is -0.497 e. The zero-order valence-electron chi connectivity index (χ0n) is 13.6. The van der Waals surface area contributed by atoms with Gasteiger partial charge in [-0.2, -0.15) is 0 Å². The Kier molecular flexibility index (Phi) is 5.67. The van der Waals surface area contributed by atoms with E-state index in [1.807, 2.05) is 0 Å². The summed E-state index contributed by atoms with van der Waals surface area (Å²) in [6, 6.07) is 10.6. The van der Waals surface area contributed by atoms with Crippen LogP contribution in [0.3, 0.4) is 0 Å². The Balaban J connectivity index is 1.96. The van der Waals surface area contributed by atoms with Crippen LogP contribution in [0, 0.1) is 17.0 Å². The summed E-state index contributed by atoms with van der Waals surface area (Å²) in [5.41, 5.74) is 0.725. The van der Waals surface area contributed by atoms with Crippen molar-refractivity contribution in [1.82, 2.24) is 5.32 Å². The number of amides is 2. The molecule has 2 aromatic rings. The van der Waals surface area contributed by atoms with Crippen LogP contribution in [0.2, 0.25) is 0 Å². The monoisotopic (exact) mass is 344 g/mol. The molecule has 0 atom stereocenters. The van der Waals surface area contributed by atoms with Gasteiger partial charge in [-0.3, -0.25) is 25.0 Å². The molecular weight excluding hydrogens is 328 g/mol. The number of benzene rings is 2. The van der Waals surface area contributed by atoms with Crippen LogP contribution in [0.1, 0.15) is 15.9 Å². The van der Waals surface area contributed by atoms with Gasteiger partial charge in [0.25, 0.3) is 11.8 Å². The van der Waals surface area contributed by atoms with Gasteiger partial charge >= 0.3 is 5.69 Å². The van der Waals surface area contributed by atoms with Gasteiger partial charge in [-0.05, 0) is 42.8 Å². The molecule has 0 spiro atoms. The van der Waals surface area contributed by atoms with E-state index in [1.165, 1.54) is 31.4 Å². The number of nitrogens with one attached hydrogen (secondary N) is 1. The number of nitrogens with zero attached hydrogens (tertiary/aromatic N) is 1. The van der Waals surface area contributed by atoms with Gasteiger partial charge in [0.1, 0.15) is 5.75 Å². The lowest BCUT2D eigenvalue weighted by molar-refractivity contribution is -0.385. The second-order valence-electron chi connectivity index (χ2n) is 5.12. The minimum absolute atomic E-state index is 0.0392. The Morgan fingerprint density at radius 1 is 1.16 bits per heavy atom. The first-order chi connectivity index (χ1) is 11.9. The van der Waals surface area contributed by atoms with Crippen molar-refractivity contribution in [2.75, 3.05) is 13.7 Å². The first-order valence-electron chi connectivity index (χ1n) is 7.27. The third-order valence-electron chi connectivity index (χ3n) is 3.28. The molecule has 0 bridgehead atoms. The number of nitro benzene ring substituents is 1. The van der Waals surface area contributed by atoms with Crippen LogP contribution in [0.25, 0.3) is 0 Å². The number of methoxy groups -OCH3 is 1. The van der Waals surface area contributed by atoms with E-state index in [9.17, 15) is 19.7 Å². The maximum absolute atomic E-state index is 11.9. The molecule has 0 unspecified atom stereocenters. The molecule has 0 saturated carbocycles. The number of nitro groups is 1. The second-order valence-corrected chi connectivity index (χ2v) is 5.12. The van der Waals surface area contributed by atoms with Crippen molar-refractivity contribution in [3.05, 3.63) is 63.7 Å². The number of ether oxygens (including phenoxy) is 2. The molecule has 130 valence electrons. The topological polar surface area (TPSA) is 108 Å². The fourth-order valence-electron chi connectivity index (χ4n) is 2.01. The number of rotatable bonds is 6. The zero-order valence-corrected chi connectivity index (χ0v) is 13.6. The van der Waals surface area contributed by atoms with Crippen LogP contribution in [0.4, 0.5) is 5.69 Å². The van der Waals surface area contributed by atoms with Gasteiger partial charge in [0.2, 0.25) is 0 Å².